The van der Waals surface area contributed by atoms with Crippen molar-refractivity contribution in [2.45, 2.75) is 26.4 Å². The Morgan fingerprint density at radius 3 is 2.29 bits per heavy atom. The Bertz CT molecular complexity index is 1060. The number of alkyl halides is 2. The first-order valence-electron chi connectivity index (χ1n) is 8.56. The number of ether oxygens (including phenoxy) is 1. The van der Waals surface area contributed by atoms with Gasteiger partial charge in [0.05, 0.1) is 5.56 Å². The molecule has 6 heteroatoms. The monoisotopic (exact) mass is 390 g/mol. The van der Waals surface area contributed by atoms with Crippen LogP contribution >= 0.6 is 0 Å². The standard InChI is InChI=1S/C22H15F5O/c1-2-3-13-5-9-17-16(10-13)8-7-15(20(17)25)6-4-14-11-18(23)21(19(24)12-14)28-22(26)27/h5,7-12,22H,2-3H2,1H3. The lowest BCUT2D eigenvalue weighted by molar-refractivity contribution is -0.0546. The number of halogens is 5. The molecule has 0 atom stereocenters. The van der Waals surface area contributed by atoms with Gasteiger partial charge in [-0.25, -0.2) is 13.2 Å². The highest BCUT2D eigenvalue weighted by Gasteiger charge is 2.16. The van der Waals surface area contributed by atoms with Gasteiger partial charge in [-0.05, 0) is 35.6 Å². The molecule has 3 aromatic carbocycles. The van der Waals surface area contributed by atoms with Crippen molar-refractivity contribution in [2.24, 2.45) is 0 Å². The van der Waals surface area contributed by atoms with E-state index in [2.05, 4.69) is 23.5 Å². The summed E-state index contributed by atoms with van der Waals surface area (Å²) in [5.41, 5.74) is 1.03. The summed E-state index contributed by atoms with van der Waals surface area (Å²) in [6.45, 7) is -1.30. The maximum atomic E-state index is 14.7. The SMILES string of the molecule is CCCc1ccc2c(F)c(C#Cc3cc(F)c(OC(F)F)c(F)c3)ccc2c1. The fourth-order valence-corrected chi connectivity index (χ4v) is 2.86. The molecular formula is C22H15F5O. The van der Waals surface area contributed by atoms with Crippen LogP contribution in [0.3, 0.4) is 0 Å². The first-order chi connectivity index (χ1) is 13.4. The minimum Gasteiger partial charge on any atom is -0.429 e. The van der Waals surface area contributed by atoms with Gasteiger partial charge in [0.2, 0.25) is 0 Å². The van der Waals surface area contributed by atoms with Gasteiger partial charge in [-0.2, -0.15) is 8.78 Å². The third kappa shape index (κ3) is 4.25. The number of hydrogen-bond acceptors (Lipinski definition) is 1. The van der Waals surface area contributed by atoms with Gasteiger partial charge in [0, 0.05) is 10.9 Å². The minimum absolute atomic E-state index is 0.0597. The van der Waals surface area contributed by atoms with E-state index in [1.54, 1.807) is 12.1 Å². The Morgan fingerprint density at radius 2 is 1.64 bits per heavy atom. The molecule has 1 nitrogen and oxygen atoms in total. The van der Waals surface area contributed by atoms with Gasteiger partial charge in [-0.3, -0.25) is 0 Å². The maximum Gasteiger partial charge on any atom is 0.387 e. The van der Waals surface area contributed by atoms with Crippen molar-refractivity contribution in [2.75, 3.05) is 0 Å². The average Bonchev–Trinajstić information content (AvgIpc) is 2.64. The third-order valence-electron chi connectivity index (χ3n) is 4.10. The number of fused-ring (bicyclic) bond motifs is 1. The molecule has 28 heavy (non-hydrogen) atoms. The highest BCUT2D eigenvalue weighted by atomic mass is 19.3. The van der Waals surface area contributed by atoms with Crippen LogP contribution in [0.5, 0.6) is 5.75 Å². The molecule has 3 rings (SSSR count). The average molecular weight is 390 g/mol. The lowest BCUT2D eigenvalue weighted by atomic mass is 10.0. The second kappa shape index (κ2) is 8.30. The predicted molar refractivity (Wildman–Crippen MR) is 96.9 cm³/mol. The molecule has 0 radical (unpaired) electrons. The first kappa shape index (κ1) is 19.7. The van der Waals surface area contributed by atoms with Crippen LogP contribution in [-0.4, -0.2) is 6.61 Å². The summed E-state index contributed by atoms with van der Waals surface area (Å²) in [7, 11) is 0. The van der Waals surface area contributed by atoms with E-state index in [-0.39, 0.29) is 11.1 Å². The molecule has 0 aliphatic rings. The van der Waals surface area contributed by atoms with E-state index in [1.807, 2.05) is 12.1 Å². The normalized spacial score (nSPS) is 10.8. The Kier molecular flexibility index (Phi) is 5.84. The highest BCUT2D eigenvalue weighted by molar-refractivity contribution is 5.85. The van der Waals surface area contributed by atoms with Gasteiger partial charge in [-0.15, -0.1) is 0 Å². The van der Waals surface area contributed by atoms with Crippen LogP contribution in [-0.2, 0) is 6.42 Å². The second-order valence-corrected chi connectivity index (χ2v) is 6.13. The van der Waals surface area contributed by atoms with Gasteiger partial charge in [-0.1, -0.05) is 49.5 Å². The highest BCUT2D eigenvalue weighted by Crippen LogP contribution is 2.25. The third-order valence-corrected chi connectivity index (χ3v) is 4.10. The van der Waals surface area contributed by atoms with Crippen LogP contribution in [0.1, 0.15) is 30.0 Å². The summed E-state index contributed by atoms with van der Waals surface area (Å²) in [6, 6.07) is 10.2. The smallest absolute Gasteiger partial charge is 0.387 e. The van der Waals surface area contributed by atoms with E-state index in [0.29, 0.717) is 5.39 Å². The van der Waals surface area contributed by atoms with Gasteiger partial charge in [0.25, 0.3) is 0 Å². The maximum absolute atomic E-state index is 14.7. The van der Waals surface area contributed by atoms with E-state index < -0.39 is 29.8 Å². The molecule has 0 aliphatic heterocycles. The van der Waals surface area contributed by atoms with E-state index in [0.717, 1.165) is 35.9 Å². The van der Waals surface area contributed by atoms with Crippen LogP contribution in [0, 0.1) is 29.3 Å². The Balaban J connectivity index is 1.95. The van der Waals surface area contributed by atoms with Gasteiger partial charge in [0.15, 0.2) is 17.4 Å². The molecule has 0 amide bonds. The Hall–Kier alpha value is -3.07. The van der Waals surface area contributed by atoms with Gasteiger partial charge < -0.3 is 4.74 Å². The van der Waals surface area contributed by atoms with Crippen LogP contribution in [0.25, 0.3) is 10.8 Å². The molecule has 0 fully saturated rings. The lowest BCUT2D eigenvalue weighted by Gasteiger charge is -2.07. The fraction of sp³-hybridized carbons (Fsp3) is 0.182. The summed E-state index contributed by atoms with van der Waals surface area (Å²) >= 11 is 0. The molecule has 0 saturated heterocycles. The summed E-state index contributed by atoms with van der Waals surface area (Å²) in [6.07, 6.45) is 1.87. The molecule has 0 spiro atoms. The Labute approximate surface area is 158 Å². The number of hydrogen-bond donors (Lipinski definition) is 0. The Morgan fingerprint density at radius 1 is 0.929 bits per heavy atom. The minimum atomic E-state index is -3.36. The largest absolute Gasteiger partial charge is 0.429 e. The molecule has 0 bridgehead atoms. The molecule has 0 heterocycles. The first-order valence-corrected chi connectivity index (χ1v) is 8.56. The summed E-state index contributed by atoms with van der Waals surface area (Å²) in [5, 5.41) is 1.13. The second-order valence-electron chi connectivity index (χ2n) is 6.13. The van der Waals surface area contributed by atoms with E-state index >= 15 is 0 Å². The van der Waals surface area contributed by atoms with Crippen molar-refractivity contribution in [3.05, 3.63) is 76.6 Å². The van der Waals surface area contributed by atoms with Crippen LogP contribution in [0.4, 0.5) is 22.0 Å². The number of benzene rings is 3. The van der Waals surface area contributed by atoms with E-state index in [9.17, 15) is 22.0 Å². The molecule has 0 aromatic heterocycles. The zero-order valence-electron chi connectivity index (χ0n) is 14.8. The number of rotatable bonds is 4. The molecule has 0 saturated carbocycles. The van der Waals surface area contributed by atoms with Crippen molar-refractivity contribution in [1.29, 1.82) is 0 Å². The molecule has 0 unspecified atom stereocenters. The van der Waals surface area contributed by atoms with E-state index in [4.69, 9.17) is 0 Å². The molecular weight excluding hydrogens is 375 g/mol. The summed E-state index contributed by atoms with van der Waals surface area (Å²) in [4.78, 5) is 0. The van der Waals surface area contributed by atoms with Crippen molar-refractivity contribution in [1.82, 2.24) is 0 Å². The van der Waals surface area contributed by atoms with Gasteiger partial charge >= 0.3 is 6.61 Å². The van der Waals surface area contributed by atoms with Crippen LogP contribution in [0.15, 0.2) is 42.5 Å². The van der Waals surface area contributed by atoms with Crippen molar-refractivity contribution < 1.29 is 26.7 Å². The summed E-state index contributed by atoms with van der Waals surface area (Å²) in [5.74, 6) is 0.634. The molecule has 0 N–H and O–H groups in total. The molecule has 144 valence electrons. The fourth-order valence-electron chi connectivity index (χ4n) is 2.86. The topological polar surface area (TPSA) is 9.23 Å². The van der Waals surface area contributed by atoms with Gasteiger partial charge in [0.1, 0.15) is 5.82 Å². The predicted octanol–water partition coefficient (Wildman–Crippen LogP) is 6.21. The van der Waals surface area contributed by atoms with Crippen molar-refractivity contribution in [3.8, 4) is 17.6 Å². The van der Waals surface area contributed by atoms with Crippen LogP contribution < -0.4 is 4.74 Å². The zero-order chi connectivity index (χ0) is 20.3. The molecule has 0 aliphatic carbocycles. The van der Waals surface area contributed by atoms with Crippen molar-refractivity contribution in [3.63, 3.8) is 0 Å². The summed E-state index contributed by atoms with van der Waals surface area (Å²) < 4.78 is 70.3. The van der Waals surface area contributed by atoms with Crippen LogP contribution in [0.2, 0.25) is 0 Å². The van der Waals surface area contributed by atoms with Crippen molar-refractivity contribution >= 4 is 10.8 Å². The quantitative estimate of drug-likeness (QED) is 0.380. The van der Waals surface area contributed by atoms with E-state index in [1.165, 1.54) is 6.07 Å². The molecule has 3 aromatic rings. The zero-order valence-corrected chi connectivity index (χ0v) is 14.8. The lowest BCUT2D eigenvalue weighted by Crippen LogP contribution is -2.06. The number of aryl methyl sites for hydroxylation is 1.